The predicted molar refractivity (Wildman–Crippen MR) is 108 cm³/mol. The van der Waals surface area contributed by atoms with E-state index in [2.05, 4.69) is 70.9 Å². The topological polar surface area (TPSA) is 35.5 Å². The Kier molecular flexibility index (Phi) is 7.68. The van der Waals surface area contributed by atoms with Gasteiger partial charge in [0.1, 0.15) is 0 Å². The third-order valence-corrected chi connectivity index (χ3v) is 5.41. The Morgan fingerprint density at radius 1 is 1.00 bits per heavy atom. The van der Waals surface area contributed by atoms with Crippen molar-refractivity contribution in [2.75, 3.05) is 26.2 Å². The molecule has 0 radical (unpaired) electrons. The van der Waals surface area contributed by atoms with E-state index in [9.17, 15) is 5.11 Å². The molecule has 2 N–H and O–H groups in total. The van der Waals surface area contributed by atoms with Crippen molar-refractivity contribution in [3.8, 4) is 0 Å². The van der Waals surface area contributed by atoms with Crippen LogP contribution in [0, 0.1) is 0 Å². The summed E-state index contributed by atoms with van der Waals surface area (Å²) >= 11 is 0. The molecule has 2 atom stereocenters. The Morgan fingerprint density at radius 2 is 1.69 bits per heavy atom. The average Bonchev–Trinajstić information content (AvgIpc) is 3.14. The zero-order valence-electron chi connectivity index (χ0n) is 15.7. The van der Waals surface area contributed by atoms with Crippen LogP contribution in [0.4, 0.5) is 0 Å². The highest BCUT2D eigenvalue weighted by Gasteiger charge is 2.26. The first-order chi connectivity index (χ1) is 12.8. The molecule has 3 heteroatoms. The molecule has 1 saturated heterocycles. The molecule has 0 amide bonds. The number of nitrogens with zero attached hydrogens (tertiary/aromatic N) is 1. The summed E-state index contributed by atoms with van der Waals surface area (Å²) in [5.41, 5.74) is 2.79. The summed E-state index contributed by atoms with van der Waals surface area (Å²) in [4.78, 5) is 2.47. The van der Waals surface area contributed by atoms with E-state index < -0.39 is 0 Å². The molecule has 2 aromatic rings. The molecule has 0 saturated carbocycles. The van der Waals surface area contributed by atoms with Gasteiger partial charge in [-0.1, -0.05) is 60.7 Å². The van der Waals surface area contributed by atoms with Crippen LogP contribution in [0.2, 0.25) is 0 Å². The minimum Gasteiger partial charge on any atom is -0.395 e. The number of aryl methyl sites for hydroxylation is 1. The maximum absolute atomic E-state index is 9.62. The normalized spacial score (nSPS) is 18.9. The fraction of sp³-hybridized carbons (Fsp3) is 0.478. The van der Waals surface area contributed by atoms with Crippen LogP contribution in [0.5, 0.6) is 0 Å². The first-order valence-electron chi connectivity index (χ1n) is 10.0. The van der Waals surface area contributed by atoms with Crippen LogP contribution in [0.15, 0.2) is 60.7 Å². The second-order valence-corrected chi connectivity index (χ2v) is 7.40. The number of hydrogen-bond donors (Lipinski definition) is 2. The number of nitrogens with one attached hydrogen (secondary N) is 1. The van der Waals surface area contributed by atoms with Gasteiger partial charge in [0.25, 0.3) is 0 Å². The number of hydrogen-bond acceptors (Lipinski definition) is 3. The van der Waals surface area contributed by atoms with Crippen molar-refractivity contribution < 1.29 is 5.11 Å². The largest absolute Gasteiger partial charge is 0.395 e. The Labute approximate surface area is 158 Å². The van der Waals surface area contributed by atoms with Gasteiger partial charge in [-0.2, -0.15) is 0 Å². The molecule has 1 fully saturated rings. The van der Waals surface area contributed by atoms with Crippen molar-refractivity contribution in [3.05, 3.63) is 71.8 Å². The van der Waals surface area contributed by atoms with Gasteiger partial charge >= 0.3 is 0 Å². The van der Waals surface area contributed by atoms with Gasteiger partial charge < -0.3 is 10.4 Å². The molecule has 1 aliphatic rings. The lowest BCUT2D eigenvalue weighted by atomic mass is 10.0. The first kappa shape index (κ1) is 19.1. The van der Waals surface area contributed by atoms with Crippen LogP contribution in [-0.4, -0.2) is 48.3 Å². The van der Waals surface area contributed by atoms with Gasteiger partial charge in [0.2, 0.25) is 0 Å². The third-order valence-electron chi connectivity index (χ3n) is 5.41. The van der Waals surface area contributed by atoms with Crippen LogP contribution in [0.3, 0.4) is 0 Å². The Hall–Kier alpha value is -1.68. The van der Waals surface area contributed by atoms with E-state index in [1.807, 2.05) is 0 Å². The van der Waals surface area contributed by atoms with Crippen molar-refractivity contribution in [3.63, 3.8) is 0 Å². The lowest BCUT2D eigenvalue weighted by Crippen LogP contribution is -2.45. The van der Waals surface area contributed by atoms with Crippen LogP contribution in [0.25, 0.3) is 0 Å². The van der Waals surface area contributed by atoms with Crippen LogP contribution >= 0.6 is 0 Å². The summed E-state index contributed by atoms with van der Waals surface area (Å²) in [6.45, 7) is 3.45. The highest BCUT2D eigenvalue weighted by atomic mass is 16.3. The molecule has 0 aromatic heterocycles. The summed E-state index contributed by atoms with van der Waals surface area (Å²) in [6, 6.07) is 22.2. The number of likely N-dealkylation sites (tertiary alicyclic amines) is 1. The lowest BCUT2D eigenvalue weighted by Gasteiger charge is -2.29. The molecule has 3 nitrogen and oxygen atoms in total. The Bertz CT molecular complexity index is 617. The Balaban J connectivity index is 1.52. The van der Waals surface area contributed by atoms with Gasteiger partial charge in [0.15, 0.2) is 0 Å². The molecule has 26 heavy (non-hydrogen) atoms. The van der Waals surface area contributed by atoms with E-state index in [4.69, 9.17) is 0 Å². The number of rotatable bonds is 10. The molecule has 0 bridgehead atoms. The van der Waals surface area contributed by atoms with Crippen LogP contribution in [-0.2, 0) is 12.8 Å². The predicted octanol–water partition coefficient (Wildman–Crippen LogP) is 3.28. The highest BCUT2D eigenvalue weighted by Crippen LogP contribution is 2.18. The van der Waals surface area contributed by atoms with E-state index in [0.29, 0.717) is 12.1 Å². The molecular formula is C23H32N2O. The smallest absolute Gasteiger partial charge is 0.0586 e. The first-order valence-corrected chi connectivity index (χ1v) is 10.0. The molecule has 0 aliphatic carbocycles. The monoisotopic (exact) mass is 352 g/mol. The van der Waals surface area contributed by atoms with E-state index >= 15 is 0 Å². The molecular weight excluding hydrogens is 320 g/mol. The zero-order chi connectivity index (χ0) is 18.0. The molecule has 1 aliphatic heterocycles. The summed E-state index contributed by atoms with van der Waals surface area (Å²) in [6.07, 6.45) is 5.65. The fourth-order valence-electron chi connectivity index (χ4n) is 3.97. The van der Waals surface area contributed by atoms with Gasteiger partial charge in [-0.3, -0.25) is 4.90 Å². The summed E-state index contributed by atoms with van der Waals surface area (Å²) < 4.78 is 0. The average molecular weight is 353 g/mol. The highest BCUT2D eigenvalue weighted by molar-refractivity contribution is 5.16. The fourth-order valence-corrected chi connectivity index (χ4v) is 3.97. The molecule has 1 heterocycles. The minimum atomic E-state index is 0.284. The van der Waals surface area contributed by atoms with Crippen molar-refractivity contribution in [2.24, 2.45) is 0 Å². The minimum absolute atomic E-state index is 0.284. The van der Waals surface area contributed by atoms with Crippen LogP contribution < -0.4 is 5.32 Å². The molecule has 140 valence electrons. The van der Waals surface area contributed by atoms with E-state index in [1.54, 1.807) is 0 Å². The van der Waals surface area contributed by atoms with E-state index in [1.165, 1.54) is 17.5 Å². The van der Waals surface area contributed by atoms with Crippen LogP contribution in [0.1, 0.15) is 30.4 Å². The second-order valence-electron chi connectivity index (χ2n) is 7.40. The van der Waals surface area contributed by atoms with Gasteiger partial charge in [0, 0.05) is 18.6 Å². The lowest BCUT2D eigenvalue weighted by molar-refractivity contribution is 0.147. The third kappa shape index (κ3) is 5.94. The quantitative estimate of drug-likeness (QED) is 0.644. The summed E-state index contributed by atoms with van der Waals surface area (Å²) in [5, 5.41) is 13.4. The molecule has 2 unspecified atom stereocenters. The molecule has 3 rings (SSSR count). The van der Waals surface area contributed by atoms with E-state index in [0.717, 1.165) is 45.3 Å². The maximum atomic E-state index is 9.62. The molecule has 2 aromatic carbocycles. The van der Waals surface area contributed by atoms with Crippen molar-refractivity contribution >= 4 is 0 Å². The van der Waals surface area contributed by atoms with Gasteiger partial charge in [-0.05, 0) is 56.3 Å². The number of benzene rings is 2. The van der Waals surface area contributed by atoms with Crippen molar-refractivity contribution in [2.45, 2.75) is 44.2 Å². The van der Waals surface area contributed by atoms with Gasteiger partial charge in [-0.25, -0.2) is 0 Å². The number of aliphatic hydroxyl groups excluding tert-OH is 1. The van der Waals surface area contributed by atoms with Gasteiger partial charge in [0.05, 0.1) is 6.61 Å². The summed E-state index contributed by atoms with van der Waals surface area (Å²) in [5.74, 6) is 0. The van der Waals surface area contributed by atoms with Gasteiger partial charge in [-0.15, -0.1) is 0 Å². The Morgan fingerprint density at radius 3 is 2.38 bits per heavy atom. The zero-order valence-corrected chi connectivity index (χ0v) is 15.7. The van der Waals surface area contributed by atoms with Crippen molar-refractivity contribution in [1.29, 1.82) is 0 Å². The second kappa shape index (κ2) is 10.5. The summed E-state index contributed by atoms with van der Waals surface area (Å²) in [7, 11) is 0. The SMILES string of the molecule is OCC1CCCN1CC(Cc1ccccc1)NCCCc1ccccc1. The van der Waals surface area contributed by atoms with E-state index in [-0.39, 0.29) is 6.61 Å². The number of aliphatic hydroxyl groups is 1. The van der Waals surface area contributed by atoms with Crippen molar-refractivity contribution in [1.82, 2.24) is 10.2 Å². The maximum Gasteiger partial charge on any atom is 0.0586 e. The standard InChI is InChI=1S/C23H32N2O/c26-19-23-14-8-16-25(23)18-22(17-21-11-5-2-6-12-21)24-15-7-13-20-9-3-1-4-10-20/h1-6,9-12,22-24,26H,7-8,13-19H2. The molecule has 0 spiro atoms.